The zero-order valence-electron chi connectivity index (χ0n) is 23.3. The van der Waals surface area contributed by atoms with E-state index in [0.717, 1.165) is 0 Å². The van der Waals surface area contributed by atoms with Gasteiger partial charge >= 0.3 is 7.60 Å². The van der Waals surface area contributed by atoms with Crippen molar-refractivity contribution in [1.82, 2.24) is 19.5 Å². The number of nitrogen functional groups attached to an aromatic ring is 2. The third-order valence-electron chi connectivity index (χ3n) is 7.06. The zero-order valence-corrected chi connectivity index (χ0v) is 24.2. The Morgan fingerprint density at radius 2 is 1.95 bits per heavy atom. The molecule has 1 fully saturated rings. The van der Waals surface area contributed by atoms with E-state index >= 15 is 0 Å². The number of hydrogen-bond donors (Lipinski definition) is 4. The fraction of sp³-hybridized carbons (Fsp3) is 0.500. The monoisotopic (exact) mass is 590 g/mol. The number of Topliss-reactive ketones (excluding diaryl/α,β-unsaturated/α-hetero) is 2. The summed E-state index contributed by atoms with van der Waals surface area (Å²) < 4.78 is 33.1. The molecule has 15 heteroatoms. The molecule has 0 saturated carbocycles. The van der Waals surface area contributed by atoms with Crippen LogP contribution in [0.5, 0.6) is 5.75 Å². The minimum Gasteiger partial charge on any atom is -0.424 e. The number of carbonyl (C=O) groups is 2. The van der Waals surface area contributed by atoms with Crippen LogP contribution in [0.4, 0.5) is 11.8 Å². The number of fused-ring (bicyclic) bond motifs is 1. The van der Waals surface area contributed by atoms with Crippen molar-refractivity contribution in [3.63, 3.8) is 0 Å². The van der Waals surface area contributed by atoms with Crippen LogP contribution in [0, 0.1) is 5.92 Å². The molecule has 0 spiro atoms. The minimum atomic E-state index is -4.03. The highest BCUT2D eigenvalue weighted by Crippen LogP contribution is 2.52. The molecule has 0 aliphatic carbocycles. The molecule has 2 aromatic heterocycles. The summed E-state index contributed by atoms with van der Waals surface area (Å²) >= 11 is 0. The molecule has 41 heavy (non-hydrogen) atoms. The Morgan fingerprint density at radius 3 is 2.63 bits per heavy atom. The number of imidazole rings is 1. The van der Waals surface area contributed by atoms with Gasteiger partial charge < -0.3 is 35.7 Å². The largest absolute Gasteiger partial charge is 0.424 e. The number of aromatic nitrogens is 4. The van der Waals surface area contributed by atoms with Crippen LogP contribution < -0.4 is 16.0 Å². The summed E-state index contributed by atoms with van der Waals surface area (Å²) in [4.78, 5) is 35.8. The molecule has 0 bridgehead atoms. The van der Waals surface area contributed by atoms with Crippen LogP contribution >= 0.6 is 7.60 Å². The summed E-state index contributed by atoms with van der Waals surface area (Å²) in [5.41, 5.74) is 10.8. The third-order valence-corrected chi connectivity index (χ3v) is 9.07. The van der Waals surface area contributed by atoms with E-state index in [1.54, 1.807) is 31.2 Å². The van der Waals surface area contributed by atoms with Gasteiger partial charge in [-0.1, -0.05) is 25.1 Å². The highest BCUT2D eigenvalue weighted by atomic mass is 31.2. The molecule has 3 heterocycles. The molecule has 222 valence electrons. The number of nitrogens with zero attached hydrogens (tertiary/aromatic N) is 4. The Balaban J connectivity index is 1.58. The van der Waals surface area contributed by atoms with Crippen molar-refractivity contribution < 1.29 is 38.2 Å². The lowest BCUT2D eigenvalue weighted by Crippen LogP contribution is -2.44. The van der Waals surface area contributed by atoms with E-state index in [-0.39, 0.29) is 52.8 Å². The second kappa shape index (κ2) is 11.8. The summed E-state index contributed by atoms with van der Waals surface area (Å²) in [7, 11) is -4.03. The maximum Gasteiger partial charge on any atom is 0.380 e. The van der Waals surface area contributed by atoms with Gasteiger partial charge in [0.25, 0.3) is 0 Å². The first-order valence-corrected chi connectivity index (χ1v) is 14.8. The topological polar surface area (TPSA) is 215 Å². The maximum absolute atomic E-state index is 14.0. The Kier molecular flexibility index (Phi) is 8.81. The molecular weight excluding hydrogens is 555 g/mol. The first-order chi connectivity index (χ1) is 19.2. The average Bonchev–Trinajstić information content (AvgIpc) is 3.40. The molecule has 0 radical (unpaired) electrons. The van der Waals surface area contributed by atoms with Crippen molar-refractivity contribution in [3.05, 3.63) is 36.2 Å². The van der Waals surface area contributed by atoms with E-state index in [4.69, 9.17) is 25.3 Å². The van der Waals surface area contributed by atoms with Gasteiger partial charge in [-0.05, 0) is 38.8 Å². The fourth-order valence-electron chi connectivity index (χ4n) is 4.53. The number of aliphatic hydroxyl groups is 2. The van der Waals surface area contributed by atoms with Crippen LogP contribution in [0.15, 0.2) is 30.6 Å². The van der Waals surface area contributed by atoms with Gasteiger partial charge in [-0.15, -0.1) is 0 Å². The highest BCUT2D eigenvalue weighted by molar-refractivity contribution is 7.54. The second-order valence-electron chi connectivity index (χ2n) is 10.5. The molecule has 6 atom stereocenters. The molecule has 1 aliphatic rings. The van der Waals surface area contributed by atoms with Gasteiger partial charge in [-0.3, -0.25) is 13.9 Å². The SMILES string of the molecule is CC(=O)CCc1ccccc1O[P@](=O)(C[C@@H](C)C(C)=O)OC[C@H]1O[C@@H](n2cnc3c(N)nc(N)nc32)C(C)(O)[C@H]1O. The number of rotatable bonds is 12. The molecule has 1 aliphatic heterocycles. The number of aliphatic hydroxyl groups excluding tert-OH is 1. The van der Waals surface area contributed by atoms with Crippen molar-refractivity contribution in [2.24, 2.45) is 5.92 Å². The lowest BCUT2D eigenvalue weighted by molar-refractivity contribution is -0.120. The standard InChI is InChI=1S/C26H35N6O8P/c1-14(16(3)34)12-41(37,40-18-8-6-5-7-17(18)10-9-15(2)33)38-11-19-21(35)26(4,36)24(39-19)32-13-29-20-22(27)30-25(28)31-23(20)32/h5-8,13-14,19,21,24,35-36H,9-12H2,1-4H3,(H4,27,28,30,31)/t14-,19-,21+,24-,26?,41+/m1/s1. The number of benzene rings is 1. The highest BCUT2D eigenvalue weighted by Gasteiger charge is 2.54. The van der Waals surface area contributed by atoms with Gasteiger partial charge in [-0.25, -0.2) is 9.55 Å². The number of para-hydroxylation sites is 1. The minimum absolute atomic E-state index is 0.0130. The maximum atomic E-state index is 14.0. The van der Waals surface area contributed by atoms with E-state index in [2.05, 4.69) is 15.0 Å². The zero-order chi connectivity index (χ0) is 30.1. The lowest BCUT2D eigenvalue weighted by Gasteiger charge is -2.27. The van der Waals surface area contributed by atoms with Crippen molar-refractivity contribution in [3.8, 4) is 5.75 Å². The van der Waals surface area contributed by atoms with Crippen LogP contribution in [0.2, 0.25) is 0 Å². The van der Waals surface area contributed by atoms with Crippen LogP contribution in [-0.4, -0.2) is 71.9 Å². The first kappa shape index (κ1) is 30.5. The molecular formula is C26H35N6O8P. The third kappa shape index (κ3) is 6.57. The summed E-state index contributed by atoms with van der Waals surface area (Å²) in [6.45, 7) is 5.37. The Hall–Kier alpha value is -3.42. The predicted octanol–water partition coefficient (Wildman–Crippen LogP) is 2.04. The van der Waals surface area contributed by atoms with Gasteiger partial charge in [0.05, 0.1) is 19.1 Å². The van der Waals surface area contributed by atoms with Gasteiger partial charge in [0.2, 0.25) is 5.95 Å². The molecule has 4 rings (SSSR count). The van der Waals surface area contributed by atoms with Gasteiger partial charge in [0.15, 0.2) is 17.7 Å². The number of ketones is 2. The van der Waals surface area contributed by atoms with Crippen LogP contribution in [0.25, 0.3) is 11.2 Å². The smallest absolute Gasteiger partial charge is 0.380 e. The van der Waals surface area contributed by atoms with Crippen molar-refractivity contribution >= 4 is 42.1 Å². The molecule has 1 aromatic carbocycles. The van der Waals surface area contributed by atoms with E-state index in [1.165, 1.54) is 31.7 Å². The number of aryl methyl sites for hydroxylation is 1. The summed E-state index contributed by atoms with van der Waals surface area (Å²) in [5.74, 6) is -0.716. The van der Waals surface area contributed by atoms with E-state index in [0.29, 0.717) is 12.0 Å². The molecule has 0 amide bonds. The number of ether oxygens (including phenoxy) is 1. The Morgan fingerprint density at radius 1 is 1.24 bits per heavy atom. The predicted molar refractivity (Wildman–Crippen MR) is 149 cm³/mol. The number of anilines is 2. The molecule has 1 saturated heterocycles. The molecule has 6 N–H and O–H groups in total. The molecule has 14 nitrogen and oxygen atoms in total. The average molecular weight is 591 g/mol. The van der Waals surface area contributed by atoms with E-state index in [1.807, 2.05) is 0 Å². The van der Waals surface area contributed by atoms with E-state index < -0.39 is 44.2 Å². The number of hydrogen-bond acceptors (Lipinski definition) is 13. The van der Waals surface area contributed by atoms with Gasteiger partial charge in [0.1, 0.15) is 40.6 Å². The molecule has 1 unspecified atom stereocenters. The van der Waals surface area contributed by atoms with Crippen LogP contribution in [-0.2, 0) is 29.8 Å². The summed E-state index contributed by atoms with van der Waals surface area (Å²) in [6.07, 6.45) is -2.16. The molecule has 3 aromatic rings. The van der Waals surface area contributed by atoms with Gasteiger partial charge in [0, 0.05) is 12.3 Å². The summed E-state index contributed by atoms with van der Waals surface area (Å²) in [6, 6.07) is 6.81. The number of carbonyl (C=O) groups excluding carboxylic acids is 2. The normalized spacial score (nSPS) is 24.7. The summed E-state index contributed by atoms with van der Waals surface area (Å²) in [5, 5.41) is 22.2. The van der Waals surface area contributed by atoms with E-state index in [9.17, 15) is 24.4 Å². The first-order valence-electron chi connectivity index (χ1n) is 13.0. The Bertz CT molecular complexity index is 1490. The quantitative estimate of drug-likeness (QED) is 0.222. The van der Waals surface area contributed by atoms with Crippen molar-refractivity contribution in [1.29, 1.82) is 0 Å². The number of nitrogens with two attached hydrogens (primary N) is 2. The lowest BCUT2D eigenvalue weighted by atomic mass is 9.96. The second-order valence-corrected chi connectivity index (χ2v) is 12.5. The van der Waals surface area contributed by atoms with Crippen molar-refractivity contribution in [2.45, 2.75) is 64.6 Å². The Labute approximate surface area is 236 Å². The van der Waals surface area contributed by atoms with Crippen molar-refractivity contribution in [2.75, 3.05) is 24.2 Å². The van der Waals surface area contributed by atoms with Crippen LogP contribution in [0.1, 0.15) is 45.9 Å². The van der Waals surface area contributed by atoms with Crippen LogP contribution in [0.3, 0.4) is 0 Å². The van der Waals surface area contributed by atoms with Gasteiger partial charge in [-0.2, -0.15) is 9.97 Å². The fourth-order valence-corrected chi connectivity index (χ4v) is 6.54.